The van der Waals surface area contributed by atoms with Crippen LogP contribution in [0.15, 0.2) is 0 Å². The highest BCUT2D eigenvalue weighted by molar-refractivity contribution is 5.89. The fourth-order valence-corrected chi connectivity index (χ4v) is 2.50. The molecule has 2 heterocycles. The summed E-state index contributed by atoms with van der Waals surface area (Å²) < 4.78 is 4.97. The van der Waals surface area contributed by atoms with E-state index >= 15 is 0 Å². The monoisotopic (exact) mass is 291 g/mol. The van der Waals surface area contributed by atoms with Gasteiger partial charge in [-0.05, 0) is 0 Å². The van der Waals surface area contributed by atoms with E-state index in [0.29, 0.717) is 26.1 Å². The maximum absolute atomic E-state index is 12.3. The number of rotatable bonds is 4. The van der Waals surface area contributed by atoms with Gasteiger partial charge < -0.3 is 19.9 Å². The lowest BCUT2D eigenvalue weighted by Gasteiger charge is -2.29. The molecule has 1 unspecified atom stereocenters. The van der Waals surface area contributed by atoms with Crippen molar-refractivity contribution in [1.29, 1.82) is 0 Å². The number of methoxy groups -OCH3 is 1. The van der Waals surface area contributed by atoms with Gasteiger partial charge in [-0.3, -0.25) is 9.59 Å². The largest absolute Gasteiger partial charge is 0.383 e. The number of carbonyl (C=O) groups is 2. The third kappa shape index (κ3) is 4.06. The van der Waals surface area contributed by atoms with Crippen LogP contribution in [-0.4, -0.2) is 74.6 Å². The third-order valence-corrected chi connectivity index (χ3v) is 3.56. The van der Waals surface area contributed by atoms with Crippen molar-refractivity contribution in [1.82, 2.24) is 15.1 Å². The smallest absolute Gasteiger partial charge is 0.228 e. The topological polar surface area (TPSA) is 61.9 Å². The summed E-state index contributed by atoms with van der Waals surface area (Å²) in [6, 6.07) is 0. The van der Waals surface area contributed by atoms with Crippen LogP contribution in [0.4, 0.5) is 0 Å². The second-order valence-electron chi connectivity index (χ2n) is 4.81. The van der Waals surface area contributed by atoms with Crippen molar-refractivity contribution in [3.05, 3.63) is 0 Å². The molecular formula is C12H22ClN3O3. The number of hydrogen-bond acceptors (Lipinski definition) is 4. The highest BCUT2D eigenvalue weighted by atomic mass is 35.5. The van der Waals surface area contributed by atoms with Crippen LogP contribution < -0.4 is 5.32 Å². The normalized spacial score (nSPS) is 23.4. The minimum Gasteiger partial charge on any atom is -0.383 e. The average Bonchev–Trinajstić information content (AvgIpc) is 2.78. The highest BCUT2D eigenvalue weighted by Gasteiger charge is 2.36. The number of nitrogens with zero attached hydrogens (tertiary/aromatic N) is 2. The summed E-state index contributed by atoms with van der Waals surface area (Å²) in [6.07, 6.45) is 0.354. The van der Waals surface area contributed by atoms with Crippen LogP contribution in [0.1, 0.15) is 6.42 Å². The lowest BCUT2D eigenvalue weighted by atomic mass is 10.1. The molecule has 0 spiro atoms. The average molecular weight is 292 g/mol. The van der Waals surface area contributed by atoms with E-state index in [2.05, 4.69) is 5.32 Å². The van der Waals surface area contributed by atoms with Crippen LogP contribution >= 0.6 is 12.4 Å². The van der Waals surface area contributed by atoms with Gasteiger partial charge in [-0.15, -0.1) is 12.4 Å². The van der Waals surface area contributed by atoms with Crippen molar-refractivity contribution in [3.63, 3.8) is 0 Å². The van der Waals surface area contributed by atoms with Gasteiger partial charge in [0.1, 0.15) is 0 Å². The molecule has 2 fully saturated rings. The predicted molar refractivity (Wildman–Crippen MR) is 73.3 cm³/mol. The summed E-state index contributed by atoms with van der Waals surface area (Å²) in [5.41, 5.74) is 0. The molecule has 0 bridgehead atoms. The molecule has 2 aliphatic heterocycles. The number of amides is 2. The summed E-state index contributed by atoms with van der Waals surface area (Å²) in [5.74, 6) is 0.0396. The van der Waals surface area contributed by atoms with Crippen molar-refractivity contribution in [3.8, 4) is 0 Å². The molecule has 0 aromatic carbocycles. The Labute approximate surface area is 119 Å². The number of nitrogens with one attached hydrogen (secondary N) is 1. The summed E-state index contributed by atoms with van der Waals surface area (Å²) in [7, 11) is 1.61. The first kappa shape index (κ1) is 16.2. The molecule has 6 nitrogen and oxygen atoms in total. The van der Waals surface area contributed by atoms with E-state index in [-0.39, 0.29) is 30.1 Å². The Bertz CT molecular complexity index is 321. The first-order chi connectivity index (χ1) is 8.72. The molecule has 2 rings (SSSR count). The zero-order chi connectivity index (χ0) is 13.0. The van der Waals surface area contributed by atoms with Crippen LogP contribution in [0.3, 0.4) is 0 Å². The Morgan fingerprint density at radius 1 is 1.42 bits per heavy atom. The Morgan fingerprint density at radius 2 is 2.11 bits per heavy atom. The maximum atomic E-state index is 12.3. The number of piperazine rings is 1. The van der Waals surface area contributed by atoms with E-state index in [1.165, 1.54) is 0 Å². The van der Waals surface area contributed by atoms with E-state index in [1.807, 2.05) is 4.90 Å². The maximum Gasteiger partial charge on any atom is 0.228 e. The van der Waals surface area contributed by atoms with Gasteiger partial charge in [-0.1, -0.05) is 0 Å². The van der Waals surface area contributed by atoms with Gasteiger partial charge in [0.05, 0.1) is 12.5 Å². The van der Waals surface area contributed by atoms with Gasteiger partial charge in [-0.2, -0.15) is 0 Å². The molecule has 110 valence electrons. The molecule has 7 heteroatoms. The molecule has 0 saturated carbocycles. The molecule has 0 aromatic heterocycles. The molecule has 0 aliphatic carbocycles. The molecule has 0 radical (unpaired) electrons. The van der Waals surface area contributed by atoms with Gasteiger partial charge in [0, 0.05) is 52.8 Å². The Morgan fingerprint density at radius 3 is 2.74 bits per heavy atom. The Hall–Kier alpha value is -0.850. The van der Waals surface area contributed by atoms with Crippen LogP contribution in [-0.2, 0) is 14.3 Å². The van der Waals surface area contributed by atoms with Crippen molar-refractivity contribution in [2.45, 2.75) is 6.42 Å². The van der Waals surface area contributed by atoms with E-state index < -0.39 is 0 Å². The number of likely N-dealkylation sites (tertiary alicyclic amines) is 1. The van der Waals surface area contributed by atoms with Crippen molar-refractivity contribution in [2.75, 3.05) is 53.0 Å². The molecule has 2 aliphatic rings. The van der Waals surface area contributed by atoms with Gasteiger partial charge >= 0.3 is 0 Å². The second kappa shape index (κ2) is 7.67. The minimum atomic E-state index is -0.160. The molecular weight excluding hydrogens is 270 g/mol. The Balaban J connectivity index is 0.00000180. The van der Waals surface area contributed by atoms with Gasteiger partial charge in [-0.25, -0.2) is 0 Å². The summed E-state index contributed by atoms with van der Waals surface area (Å²) in [4.78, 5) is 27.6. The van der Waals surface area contributed by atoms with Crippen molar-refractivity contribution < 1.29 is 14.3 Å². The third-order valence-electron chi connectivity index (χ3n) is 3.56. The first-order valence-corrected chi connectivity index (χ1v) is 6.48. The van der Waals surface area contributed by atoms with E-state index in [4.69, 9.17) is 4.74 Å². The fraction of sp³-hybridized carbons (Fsp3) is 0.833. The first-order valence-electron chi connectivity index (χ1n) is 6.48. The number of hydrogen-bond donors (Lipinski definition) is 1. The van der Waals surface area contributed by atoms with E-state index in [9.17, 15) is 9.59 Å². The van der Waals surface area contributed by atoms with Gasteiger partial charge in [0.25, 0.3) is 0 Å². The SMILES string of the molecule is COCCN1CC(C(=O)N2CCNCC2)CC1=O.Cl. The van der Waals surface area contributed by atoms with Crippen LogP contribution in [0.2, 0.25) is 0 Å². The highest BCUT2D eigenvalue weighted by Crippen LogP contribution is 2.20. The van der Waals surface area contributed by atoms with E-state index in [0.717, 1.165) is 26.2 Å². The second-order valence-corrected chi connectivity index (χ2v) is 4.81. The lowest BCUT2D eigenvalue weighted by Crippen LogP contribution is -2.48. The molecule has 0 aromatic rings. The number of halogens is 1. The van der Waals surface area contributed by atoms with Crippen LogP contribution in [0.25, 0.3) is 0 Å². The molecule has 2 amide bonds. The Kier molecular flexibility index (Phi) is 6.54. The number of ether oxygens (including phenoxy) is 1. The minimum absolute atomic E-state index is 0. The van der Waals surface area contributed by atoms with Crippen LogP contribution in [0.5, 0.6) is 0 Å². The zero-order valence-corrected chi connectivity index (χ0v) is 12.1. The molecule has 1 N–H and O–H groups in total. The summed E-state index contributed by atoms with van der Waals surface area (Å²) in [5, 5.41) is 3.22. The molecule has 2 saturated heterocycles. The predicted octanol–water partition coefficient (Wildman–Crippen LogP) is -0.665. The van der Waals surface area contributed by atoms with Gasteiger partial charge in [0.15, 0.2) is 0 Å². The summed E-state index contributed by atoms with van der Waals surface area (Å²) in [6.45, 7) is 4.86. The van der Waals surface area contributed by atoms with Crippen LogP contribution in [0, 0.1) is 5.92 Å². The zero-order valence-electron chi connectivity index (χ0n) is 11.3. The lowest BCUT2D eigenvalue weighted by molar-refractivity contribution is -0.136. The molecule has 1 atom stereocenters. The van der Waals surface area contributed by atoms with Gasteiger partial charge in [0.2, 0.25) is 11.8 Å². The molecule has 19 heavy (non-hydrogen) atoms. The number of carbonyl (C=O) groups excluding carboxylic acids is 2. The summed E-state index contributed by atoms with van der Waals surface area (Å²) >= 11 is 0. The standard InChI is InChI=1S/C12H21N3O3.ClH/c1-18-7-6-15-9-10(8-11(15)16)12(17)14-4-2-13-3-5-14;/h10,13H,2-9H2,1H3;1H. The quantitative estimate of drug-likeness (QED) is 0.747. The van der Waals surface area contributed by atoms with Crippen molar-refractivity contribution >= 4 is 24.2 Å². The van der Waals surface area contributed by atoms with E-state index in [1.54, 1.807) is 12.0 Å². The van der Waals surface area contributed by atoms with Crippen molar-refractivity contribution in [2.24, 2.45) is 5.92 Å². The fourth-order valence-electron chi connectivity index (χ4n) is 2.50.